The molecule has 1 N–H and O–H groups in total. The van der Waals surface area contributed by atoms with E-state index in [1.807, 2.05) is 0 Å². The maximum Gasteiger partial charge on any atom is 0.243 e. The first-order valence-electron chi connectivity index (χ1n) is 5.66. The third kappa shape index (κ3) is 4.39. The summed E-state index contributed by atoms with van der Waals surface area (Å²) in [6.45, 7) is 3.59. The molecule has 0 fully saturated rings. The minimum atomic E-state index is -4.10. The molecular weight excluding hydrogens is 305 g/mol. The monoisotopic (exact) mass is 321 g/mol. The Hall–Kier alpha value is -1.25. The number of nitrogens with one attached hydrogen (secondary N) is 1. The van der Waals surface area contributed by atoms with Crippen molar-refractivity contribution in [3.05, 3.63) is 35.7 Å². The summed E-state index contributed by atoms with van der Waals surface area (Å²) in [6, 6.07) is 2.67. The van der Waals surface area contributed by atoms with Crippen LogP contribution in [-0.2, 0) is 19.9 Å². The second-order valence-electron chi connectivity index (χ2n) is 4.50. The molecule has 0 atom stereocenters. The molecule has 0 spiro atoms. The van der Waals surface area contributed by atoms with Crippen molar-refractivity contribution < 1.29 is 21.2 Å². The number of rotatable bonds is 5. The quantitative estimate of drug-likeness (QED) is 0.658. The fourth-order valence-corrected chi connectivity index (χ4v) is 3.14. The number of hydrogen-bond donors (Lipinski definition) is 1. The number of sulfonamides is 1. The summed E-state index contributed by atoms with van der Waals surface area (Å²) >= 11 is 0. The zero-order valence-electron chi connectivity index (χ0n) is 11.3. The first-order chi connectivity index (χ1) is 9.04. The molecule has 0 saturated carbocycles. The third-order valence-electron chi connectivity index (χ3n) is 2.40. The summed E-state index contributed by atoms with van der Waals surface area (Å²) in [5.41, 5.74) is 0.901. The number of benzene rings is 1. The molecule has 0 heterocycles. The minimum Gasteiger partial charge on any atom is -0.224 e. The summed E-state index contributed by atoms with van der Waals surface area (Å²) in [6.07, 6.45) is 2.54. The number of sulfone groups is 1. The van der Waals surface area contributed by atoms with Gasteiger partial charge in [-0.15, -0.1) is 0 Å². The van der Waals surface area contributed by atoms with Gasteiger partial charge in [0.05, 0.1) is 4.90 Å². The maximum atomic E-state index is 13.6. The van der Waals surface area contributed by atoms with Gasteiger partial charge in [0.25, 0.3) is 0 Å². The molecule has 0 aromatic heterocycles. The van der Waals surface area contributed by atoms with Crippen LogP contribution in [0, 0.1) is 5.82 Å². The second-order valence-corrected chi connectivity index (χ2v) is 8.25. The van der Waals surface area contributed by atoms with Crippen molar-refractivity contribution in [2.75, 3.05) is 12.8 Å². The van der Waals surface area contributed by atoms with Crippen molar-refractivity contribution in [1.29, 1.82) is 0 Å². The lowest BCUT2D eigenvalue weighted by Crippen LogP contribution is -2.25. The van der Waals surface area contributed by atoms with Crippen LogP contribution < -0.4 is 4.72 Å². The van der Waals surface area contributed by atoms with Gasteiger partial charge in [0.15, 0.2) is 9.84 Å². The van der Waals surface area contributed by atoms with Gasteiger partial charge in [0.1, 0.15) is 10.7 Å². The predicted octanol–water partition coefficient (Wildman–Crippen LogP) is 1.47. The summed E-state index contributed by atoms with van der Waals surface area (Å²) in [7, 11) is -7.71. The molecule has 1 aromatic carbocycles. The smallest absolute Gasteiger partial charge is 0.224 e. The normalized spacial score (nSPS) is 12.2. The van der Waals surface area contributed by atoms with Crippen molar-refractivity contribution in [2.24, 2.45) is 0 Å². The Morgan fingerprint density at radius 2 is 1.85 bits per heavy atom. The molecule has 0 unspecified atom stereocenters. The average Bonchev–Trinajstić information content (AvgIpc) is 2.26. The van der Waals surface area contributed by atoms with Crippen LogP contribution in [-0.4, -0.2) is 29.6 Å². The van der Waals surface area contributed by atoms with Crippen LogP contribution in [0.2, 0.25) is 0 Å². The highest BCUT2D eigenvalue weighted by atomic mass is 32.2. The van der Waals surface area contributed by atoms with Crippen molar-refractivity contribution in [3.63, 3.8) is 0 Å². The van der Waals surface area contributed by atoms with E-state index in [1.165, 1.54) is 0 Å². The van der Waals surface area contributed by atoms with Crippen LogP contribution in [0.4, 0.5) is 4.39 Å². The Kier molecular flexibility index (Phi) is 5.06. The average molecular weight is 321 g/mol. The summed E-state index contributed by atoms with van der Waals surface area (Å²) in [4.78, 5) is -0.927. The van der Waals surface area contributed by atoms with Gasteiger partial charge in [0.2, 0.25) is 10.0 Å². The summed E-state index contributed by atoms with van der Waals surface area (Å²) < 4.78 is 62.4. The molecular formula is C12H16FNO4S2. The topological polar surface area (TPSA) is 80.3 Å². The van der Waals surface area contributed by atoms with Crippen molar-refractivity contribution in [1.82, 2.24) is 4.72 Å². The molecule has 1 rings (SSSR count). The van der Waals surface area contributed by atoms with E-state index in [2.05, 4.69) is 4.72 Å². The van der Waals surface area contributed by atoms with E-state index < -0.39 is 30.6 Å². The predicted molar refractivity (Wildman–Crippen MR) is 74.1 cm³/mol. The van der Waals surface area contributed by atoms with Crippen LogP contribution in [0.5, 0.6) is 0 Å². The zero-order valence-corrected chi connectivity index (χ0v) is 13.0. The van der Waals surface area contributed by atoms with E-state index in [9.17, 15) is 21.2 Å². The first kappa shape index (κ1) is 16.8. The fourth-order valence-electron chi connectivity index (χ4n) is 1.35. The van der Waals surface area contributed by atoms with E-state index >= 15 is 0 Å². The molecule has 0 bridgehead atoms. The highest BCUT2D eigenvalue weighted by Gasteiger charge is 2.21. The molecule has 112 valence electrons. The third-order valence-corrected chi connectivity index (χ3v) is 4.95. The lowest BCUT2D eigenvalue weighted by Gasteiger charge is -2.08. The molecule has 1 aromatic rings. The van der Waals surface area contributed by atoms with Gasteiger partial charge in [-0.25, -0.2) is 25.9 Å². The molecule has 0 aliphatic rings. The Bertz CT molecular complexity index is 733. The van der Waals surface area contributed by atoms with E-state index in [1.54, 1.807) is 19.9 Å². The van der Waals surface area contributed by atoms with Crippen LogP contribution in [0.3, 0.4) is 0 Å². The largest absolute Gasteiger partial charge is 0.243 e. The lowest BCUT2D eigenvalue weighted by molar-refractivity contribution is 0.557. The standard InChI is InChI=1S/C12H16FNO4S2/c1-9(2)6-7-14-20(17,18)12-8-10(19(3,15)16)4-5-11(12)13/h4-6,8,14H,7H2,1-3H3. The number of allylic oxidation sites excluding steroid dienone is 1. The van der Waals surface area contributed by atoms with E-state index in [4.69, 9.17) is 0 Å². The Morgan fingerprint density at radius 3 is 2.35 bits per heavy atom. The minimum absolute atomic E-state index is 0.00715. The molecule has 20 heavy (non-hydrogen) atoms. The maximum absolute atomic E-state index is 13.6. The van der Waals surface area contributed by atoms with E-state index in [0.717, 1.165) is 30.0 Å². The lowest BCUT2D eigenvalue weighted by atomic mass is 10.3. The molecule has 0 aliphatic carbocycles. The number of hydrogen-bond acceptors (Lipinski definition) is 4. The second kappa shape index (κ2) is 6.02. The van der Waals surface area contributed by atoms with Crippen molar-refractivity contribution in [3.8, 4) is 0 Å². The van der Waals surface area contributed by atoms with Gasteiger partial charge < -0.3 is 0 Å². The van der Waals surface area contributed by atoms with Gasteiger partial charge in [-0.3, -0.25) is 0 Å². The highest BCUT2D eigenvalue weighted by molar-refractivity contribution is 7.91. The first-order valence-corrected chi connectivity index (χ1v) is 9.04. The molecule has 0 aliphatic heterocycles. The molecule has 0 saturated heterocycles. The highest BCUT2D eigenvalue weighted by Crippen LogP contribution is 2.19. The number of halogens is 1. The van der Waals surface area contributed by atoms with Gasteiger partial charge in [-0.2, -0.15) is 0 Å². The molecule has 5 nitrogen and oxygen atoms in total. The Labute approximate surface area is 118 Å². The SMILES string of the molecule is CC(C)=CCNS(=O)(=O)c1cc(S(C)(=O)=O)ccc1F. The van der Waals surface area contributed by atoms with Crippen molar-refractivity contribution >= 4 is 19.9 Å². The van der Waals surface area contributed by atoms with Gasteiger partial charge >= 0.3 is 0 Å². The zero-order chi connectivity index (χ0) is 15.6. The van der Waals surface area contributed by atoms with Gasteiger partial charge in [-0.05, 0) is 32.0 Å². The fraction of sp³-hybridized carbons (Fsp3) is 0.333. The van der Waals surface area contributed by atoms with Crippen LogP contribution >= 0.6 is 0 Å². The van der Waals surface area contributed by atoms with Gasteiger partial charge in [0, 0.05) is 12.8 Å². The molecule has 0 amide bonds. The summed E-state index contributed by atoms with van der Waals surface area (Å²) in [5.74, 6) is -0.998. The van der Waals surface area contributed by atoms with Crippen LogP contribution in [0.1, 0.15) is 13.8 Å². The molecule has 8 heteroatoms. The molecule has 0 radical (unpaired) electrons. The van der Waals surface area contributed by atoms with Gasteiger partial charge in [-0.1, -0.05) is 11.6 Å². The van der Waals surface area contributed by atoms with Crippen molar-refractivity contribution in [2.45, 2.75) is 23.6 Å². The van der Waals surface area contributed by atoms with E-state index in [-0.39, 0.29) is 11.4 Å². The summed E-state index contributed by atoms with van der Waals surface area (Å²) in [5, 5.41) is 0. The Balaban J connectivity index is 3.21. The van der Waals surface area contributed by atoms with Crippen LogP contribution in [0.25, 0.3) is 0 Å². The van der Waals surface area contributed by atoms with E-state index in [0.29, 0.717) is 0 Å². The Morgan fingerprint density at radius 1 is 1.25 bits per heavy atom. The van der Waals surface area contributed by atoms with Crippen LogP contribution in [0.15, 0.2) is 39.6 Å².